The Kier molecular flexibility index (Phi) is 6.74. The van der Waals surface area contributed by atoms with Gasteiger partial charge in [0.25, 0.3) is 0 Å². The number of azide groups is 1. The van der Waals surface area contributed by atoms with Gasteiger partial charge in [-0.3, -0.25) is 0 Å². The predicted octanol–water partition coefficient (Wildman–Crippen LogP) is 4.78. The molecule has 1 saturated heterocycles. The Balaban J connectivity index is 0.000000606. The average Bonchev–Trinajstić information content (AvgIpc) is 2.59. The molecule has 0 aromatic heterocycles. The highest BCUT2D eigenvalue weighted by atomic mass is 32.2. The third-order valence-corrected chi connectivity index (χ3v) is 5.07. The molecule has 2 aliphatic rings. The van der Waals surface area contributed by atoms with Crippen molar-refractivity contribution >= 4 is 11.8 Å². The third-order valence-electron chi connectivity index (χ3n) is 3.37. The summed E-state index contributed by atoms with van der Waals surface area (Å²) in [6.45, 7) is 4.70. The molecule has 1 saturated carbocycles. The van der Waals surface area contributed by atoms with E-state index in [4.69, 9.17) is 5.53 Å². The van der Waals surface area contributed by atoms with Gasteiger partial charge in [-0.1, -0.05) is 38.2 Å². The van der Waals surface area contributed by atoms with Crippen LogP contribution in [0.4, 0.5) is 0 Å². The fourth-order valence-corrected chi connectivity index (χ4v) is 4.46. The van der Waals surface area contributed by atoms with Crippen LogP contribution in [0.25, 0.3) is 10.4 Å². The number of hydrogen-bond acceptors (Lipinski definition) is 2. The van der Waals surface area contributed by atoms with E-state index in [1.54, 1.807) is 0 Å². The van der Waals surface area contributed by atoms with Crippen LogP contribution in [0, 0.1) is 5.92 Å². The van der Waals surface area contributed by atoms with Crippen LogP contribution in [-0.4, -0.2) is 17.0 Å². The van der Waals surface area contributed by atoms with Crippen molar-refractivity contribution < 1.29 is 0 Å². The van der Waals surface area contributed by atoms with Gasteiger partial charge in [-0.2, -0.15) is 11.8 Å². The molecule has 0 bridgehead atoms. The fraction of sp³-hybridized carbons (Fsp3) is 1.00. The van der Waals surface area contributed by atoms with E-state index in [-0.39, 0.29) is 0 Å². The standard InChI is InChI=1S/C10H17N3S.C2H6/c11-13-12-7-9-6-8-4-2-1-3-5-10(8)14-9;1-2/h8-10H,1-7H2;1-2H3/t8-,9+,10+;/m0./s1. The van der Waals surface area contributed by atoms with Crippen molar-refractivity contribution in [3.05, 3.63) is 10.4 Å². The predicted molar refractivity (Wildman–Crippen MR) is 71.7 cm³/mol. The normalized spacial score (nSPS) is 32.8. The molecule has 0 spiro atoms. The fourth-order valence-electron chi connectivity index (χ4n) is 2.68. The number of nitrogens with zero attached hydrogens (tertiary/aromatic N) is 3. The molecule has 0 radical (unpaired) electrons. The lowest BCUT2D eigenvalue weighted by Gasteiger charge is -2.13. The van der Waals surface area contributed by atoms with Gasteiger partial charge in [0.15, 0.2) is 0 Å². The summed E-state index contributed by atoms with van der Waals surface area (Å²) in [6.07, 6.45) is 8.33. The van der Waals surface area contributed by atoms with Gasteiger partial charge in [0.05, 0.1) is 0 Å². The van der Waals surface area contributed by atoms with Gasteiger partial charge in [0.1, 0.15) is 0 Å². The minimum atomic E-state index is 0.610. The maximum atomic E-state index is 8.28. The lowest BCUT2D eigenvalue weighted by Crippen LogP contribution is -2.08. The van der Waals surface area contributed by atoms with Crippen LogP contribution in [-0.2, 0) is 0 Å². The zero-order valence-corrected chi connectivity index (χ0v) is 11.2. The van der Waals surface area contributed by atoms with Crippen molar-refractivity contribution in [2.24, 2.45) is 11.0 Å². The Hall–Kier alpha value is -0.340. The smallest absolute Gasteiger partial charge is 0.0377 e. The molecule has 4 heteroatoms. The molecular formula is C12H23N3S. The highest BCUT2D eigenvalue weighted by molar-refractivity contribution is 8.00. The minimum absolute atomic E-state index is 0.610. The molecule has 3 nitrogen and oxygen atoms in total. The Morgan fingerprint density at radius 1 is 1.25 bits per heavy atom. The maximum Gasteiger partial charge on any atom is 0.0377 e. The second-order valence-electron chi connectivity index (χ2n) is 4.34. The first kappa shape index (κ1) is 13.7. The lowest BCUT2D eigenvalue weighted by molar-refractivity contribution is 0.461. The maximum absolute atomic E-state index is 8.28. The SMILES string of the molecule is CC.[N-]=[N+]=NC[C@H]1C[C@@H]2CCCCC[C@H]2S1. The molecule has 0 N–H and O–H groups in total. The summed E-state index contributed by atoms with van der Waals surface area (Å²) in [5.74, 6) is 0.918. The summed E-state index contributed by atoms with van der Waals surface area (Å²) in [7, 11) is 0. The minimum Gasteiger partial charge on any atom is -0.155 e. The van der Waals surface area contributed by atoms with E-state index in [1.807, 2.05) is 13.8 Å². The Morgan fingerprint density at radius 2 is 2.00 bits per heavy atom. The second kappa shape index (κ2) is 7.86. The first-order chi connectivity index (χ1) is 7.90. The average molecular weight is 241 g/mol. The Bertz CT molecular complexity index is 224. The highest BCUT2D eigenvalue weighted by Crippen LogP contribution is 2.45. The van der Waals surface area contributed by atoms with E-state index >= 15 is 0 Å². The monoisotopic (exact) mass is 241 g/mol. The molecule has 3 atom stereocenters. The number of rotatable bonds is 2. The van der Waals surface area contributed by atoms with Crippen LogP contribution >= 0.6 is 11.8 Å². The van der Waals surface area contributed by atoms with Crippen LogP contribution in [0.3, 0.4) is 0 Å². The van der Waals surface area contributed by atoms with Crippen molar-refractivity contribution in [3.8, 4) is 0 Å². The van der Waals surface area contributed by atoms with Gasteiger partial charge in [-0.15, -0.1) is 0 Å². The highest BCUT2D eigenvalue weighted by Gasteiger charge is 2.34. The van der Waals surface area contributed by atoms with E-state index < -0.39 is 0 Å². The topological polar surface area (TPSA) is 48.8 Å². The molecule has 0 amide bonds. The van der Waals surface area contributed by atoms with Gasteiger partial charge >= 0.3 is 0 Å². The van der Waals surface area contributed by atoms with E-state index in [2.05, 4.69) is 21.8 Å². The molecule has 0 unspecified atom stereocenters. The molecule has 16 heavy (non-hydrogen) atoms. The van der Waals surface area contributed by atoms with Crippen LogP contribution < -0.4 is 0 Å². The summed E-state index contributed by atoms with van der Waals surface area (Å²) in [4.78, 5) is 2.85. The quantitative estimate of drug-likeness (QED) is 0.390. The van der Waals surface area contributed by atoms with Crippen molar-refractivity contribution in [1.29, 1.82) is 0 Å². The van der Waals surface area contributed by atoms with Gasteiger partial charge in [-0.05, 0) is 30.7 Å². The first-order valence-electron chi connectivity index (χ1n) is 6.56. The molecule has 2 rings (SSSR count). The number of thioether (sulfide) groups is 1. The zero-order valence-electron chi connectivity index (χ0n) is 10.4. The number of fused-ring (bicyclic) bond motifs is 1. The van der Waals surface area contributed by atoms with Crippen molar-refractivity contribution in [2.75, 3.05) is 6.54 Å². The molecular weight excluding hydrogens is 218 g/mol. The van der Waals surface area contributed by atoms with Gasteiger partial charge in [0, 0.05) is 22.0 Å². The molecule has 0 aromatic carbocycles. The molecule has 0 aromatic rings. The van der Waals surface area contributed by atoms with Crippen LogP contribution in [0.1, 0.15) is 52.4 Å². The third kappa shape index (κ3) is 3.91. The first-order valence-corrected chi connectivity index (χ1v) is 7.51. The van der Waals surface area contributed by atoms with Crippen LogP contribution in [0.2, 0.25) is 0 Å². The van der Waals surface area contributed by atoms with Crippen LogP contribution in [0.15, 0.2) is 5.11 Å². The van der Waals surface area contributed by atoms with Gasteiger partial charge in [-0.25, -0.2) is 0 Å². The van der Waals surface area contributed by atoms with E-state index in [0.717, 1.165) is 11.2 Å². The Morgan fingerprint density at radius 3 is 2.75 bits per heavy atom. The van der Waals surface area contributed by atoms with Crippen molar-refractivity contribution in [1.82, 2.24) is 0 Å². The van der Waals surface area contributed by atoms with E-state index in [9.17, 15) is 0 Å². The summed E-state index contributed by atoms with van der Waals surface area (Å²) < 4.78 is 0. The Labute approximate surface area is 103 Å². The molecule has 2 fully saturated rings. The number of hydrogen-bond donors (Lipinski definition) is 0. The molecule has 1 heterocycles. The van der Waals surface area contributed by atoms with Gasteiger partial charge < -0.3 is 0 Å². The van der Waals surface area contributed by atoms with Crippen molar-refractivity contribution in [2.45, 2.75) is 62.9 Å². The molecule has 92 valence electrons. The summed E-state index contributed by atoms with van der Waals surface area (Å²) in [5, 5.41) is 5.18. The van der Waals surface area contributed by atoms with Gasteiger partial charge in [0.2, 0.25) is 0 Å². The van der Waals surface area contributed by atoms with E-state index in [0.29, 0.717) is 11.8 Å². The largest absolute Gasteiger partial charge is 0.155 e. The summed E-state index contributed by atoms with van der Waals surface area (Å²) in [5.41, 5.74) is 8.28. The zero-order chi connectivity index (χ0) is 11.8. The van der Waals surface area contributed by atoms with Crippen molar-refractivity contribution in [3.63, 3.8) is 0 Å². The second-order valence-corrected chi connectivity index (χ2v) is 5.89. The molecule has 1 aliphatic heterocycles. The van der Waals surface area contributed by atoms with E-state index in [1.165, 1.54) is 38.5 Å². The summed E-state index contributed by atoms with van der Waals surface area (Å²) in [6, 6.07) is 0. The lowest BCUT2D eigenvalue weighted by atomic mass is 9.95. The molecule has 1 aliphatic carbocycles. The van der Waals surface area contributed by atoms with Crippen LogP contribution in [0.5, 0.6) is 0 Å². The summed E-state index contributed by atoms with van der Waals surface area (Å²) >= 11 is 2.08.